The Balaban J connectivity index is 1.16. The molecule has 1 saturated carbocycles. The van der Waals surface area contributed by atoms with E-state index in [1.54, 1.807) is 49.3 Å². The Kier molecular flexibility index (Phi) is 7.56. The molecule has 0 bridgehead atoms. The Morgan fingerprint density at radius 3 is 2.46 bits per heavy atom. The molecule has 41 heavy (non-hydrogen) atoms. The maximum Gasteiger partial charge on any atom is 0.413 e. The van der Waals surface area contributed by atoms with E-state index in [0.29, 0.717) is 35.7 Å². The summed E-state index contributed by atoms with van der Waals surface area (Å²) in [4.78, 5) is 47.9. The van der Waals surface area contributed by atoms with Gasteiger partial charge >= 0.3 is 12.2 Å². The number of anilines is 2. The average molecular weight is 583 g/mol. The molecule has 1 aliphatic carbocycles. The molecule has 4 heterocycles. The average Bonchev–Trinajstić information content (AvgIpc) is 3.19. The number of likely N-dealkylation sites (tertiary alicyclic amines) is 1. The van der Waals surface area contributed by atoms with Gasteiger partial charge in [-0.05, 0) is 57.7 Å². The number of hydrogen-bond donors (Lipinski definition) is 2. The first-order valence-corrected chi connectivity index (χ1v) is 13.5. The van der Waals surface area contributed by atoms with Crippen LogP contribution in [0.3, 0.4) is 0 Å². The molecule has 1 unspecified atom stereocenters. The molecule has 0 spiro atoms. The van der Waals surface area contributed by atoms with Crippen molar-refractivity contribution in [2.24, 2.45) is 24.8 Å². The fourth-order valence-electron chi connectivity index (χ4n) is 4.95. The Bertz CT molecular complexity index is 1460. The molecule has 2 fully saturated rings. The molecule has 3 aromatic rings. The van der Waals surface area contributed by atoms with Gasteiger partial charge in [-0.1, -0.05) is 22.9 Å². The Hall–Kier alpha value is -4.26. The molecule has 13 nitrogen and oxygen atoms in total. The number of amides is 3. The van der Waals surface area contributed by atoms with Gasteiger partial charge in [-0.25, -0.2) is 19.3 Å². The third-order valence-corrected chi connectivity index (χ3v) is 7.29. The maximum absolute atomic E-state index is 12.9. The molecule has 216 valence electrons. The van der Waals surface area contributed by atoms with Crippen LogP contribution in [0.2, 0.25) is 5.15 Å². The van der Waals surface area contributed by atoms with Crippen molar-refractivity contribution in [2.75, 3.05) is 23.7 Å². The van der Waals surface area contributed by atoms with Crippen LogP contribution >= 0.6 is 11.6 Å². The van der Waals surface area contributed by atoms with Crippen LogP contribution in [0.25, 0.3) is 11.4 Å². The number of ether oxygens (including phenoxy) is 2. The second kappa shape index (κ2) is 11.0. The number of nitrogens with one attached hydrogen (secondary N) is 2. The third kappa shape index (κ3) is 6.24. The molecule has 3 amide bonds. The minimum atomic E-state index is -0.729. The Morgan fingerprint density at radius 1 is 1.10 bits per heavy atom. The summed E-state index contributed by atoms with van der Waals surface area (Å²) < 4.78 is 12.3. The van der Waals surface area contributed by atoms with Crippen molar-refractivity contribution in [1.82, 2.24) is 29.9 Å². The molecule has 5 rings (SSSR count). The van der Waals surface area contributed by atoms with E-state index >= 15 is 0 Å². The topological polar surface area (TPSA) is 153 Å². The van der Waals surface area contributed by atoms with E-state index in [2.05, 4.69) is 30.9 Å². The fourth-order valence-corrected chi connectivity index (χ4v) is 5.22. The predicted molar refractivity (Wildman–Crippen MR) is 149 cm³/mol. The van der Waals surface area contributed by atoms with Crippen LogP contribution in [-0.4, -0.2) is 66.6 Å². The third-order valence-electron chi connectivity index (χ3n) is 6.98. The van der Waals surface area contributed by atoms with Crippen molar-refractivity contribution in [1.29, 1.82) is 0 Å². The first-order chi connectivity index (χ1) is 19.4. The first-order valence-electron chi connectivity index (χ1n) is 13.1. The lowest BCUT2D eigenvalue weighted by Gasteiger charge is -2.25. The summed E-state index contributed by atoms with van der Waals surface area (Å²) >= 11 is 6.10. The van der Waals surface area contributed by atoms with Crippen molar-refractivity contribution in [3.8, 4) is 11.4 Å². The Morgan fingerprint density at radius 2 is 1.83 bits per heavy atom. The standard InChI is InChI=1S/C27H31ClN8O5/c1-14(16-7-6-10-29-22(16)28)40-25(38)32-23-21(33-34-35(23)5)19-9-8-15(11-30-19)31-24(37)20-17-12-36(13-18(17)20)26(39)41-27(2,3)4/h6-11,14,17-18,20H,12-13H2,1-5H3,(H,31,37)(H,32,38)/t14-,17-,18+,20?/m1/s1. The lowest BCUT2D eigenvalue weighted by molar-refractivity contribution is -0.118. The fraction of sp³-hybridized carbons (Fsp3) is 0.444. The maximum atomic E-state index is 12.9. The molecule has 3 aromatic heterocycles. The number of nitrogens with zero attached hydrogens (tertiary/aromatic N) is 6. The van der Waals surface area contributed by atoms with Crippen LogP contribution in [0, 0.1) is 17.8 Å². The zero-order valence-electron chi connectivity index (χ0n) is 23.3. The number of pyridine rings is 2. The van der Waals surface area contributed by atoms with Gasteiger partial charge in [-0.2, -0.15) is 0 Å². The number of halogens is 1. The summed E-state index contributed by atoms with van der Waals surface area (Å²) in [5, 5.41) is 13.9. The highest BCUT2D eigenvalue weighted by atomic mass is 35.5. The second-order valence-corrected chi connectivity index (χ2v) is 11.5. The van der Waals surface area contributed by atoms with Crippen molar-refractivity contribution in [2.45, 2.75) is 39.4 Å². The molecule has 2 N–H and O–H groups in total. The largest absolute Gasteiger partial charge is 0.444 e. The summed E-state index contributed by atoms with van der Waals surface area (Å²) in [5.74, 6) is 0.272. The van der Waals surface area contributed by atoms with Crippen LogP contribution in [0.15, 0.2) is 36.7 Å². The van der Waals surface area contributed by atoms with E-state index in [4.69, 9.17) is 21.1 Å². The highest BCUT2D eigenvalue weighted by Crippen LogP contribution is 2.52. The number of hydrogen-bond acceptors (Lipinski definition) is 9. The zero-order chi connectivity index (χ0) is 29.5. The normalized spacial score (nSPS) is 20.1. The van der Waals surface area contributed by atoms with Gasteiger partial charge < -0.3 is 19.7 Å². The van der Waals surface area contributed by atoms with Gasteiger partial charge in [-0.3, -0.25) is 15.1 Å². The molecule has 1 saturated heterocycles. The summed E-state index contributed by atoms with van der Waals surface area (Å²) in [6.45, 7) is 8.19. The molecule has 14 heteroatoms. The minimum Gasteiger partial charge on any atom is -0.444 e. The predicted octanol–water partition coefficient (Wildman–Crippen LogP) is 4.29. The number of carbonyl (C=O) groups excluding carboxylic acids is 3. The van der Waals surface area contributed by atoms with Gasteiger partial charge in [0.15, 0.2) is 11.5 Å². The van der Waals surface area contributed by atoms with Crippen LogP contribution in [0.1, 0.15) is 39.4 Å². The number of carbonyl (C=O) groups is 3. The second-order valence-electron chi connectivity index (χ2n) is 11.1. The molecule has 4 atom stereocenters. The SMILES string of the molecule is C[C@@H](OC(=O)Nc1c(-c2ccc(NC(=O)C3[C@H]4CN(C(=O)OC(C)(C)C)C[C@@H]34)cn2)nnn1C)c1cccnc1Cl. The van der Waals surface area contributed by atoms with Crippen LogP contribution in [-0.2, 0) is 21.3 Å². The summed E-state index contributed by atoms with van der Waals surface area (Å²) in [6.07, 6.45) is 1.35. The van der Waals surface area contributed by atoms with Gasteiger partial charge in [-0.15, -0.1) is 5.10 Å². The van der Waals surface area contributed by atoms with E-state index in [1.165, 1.54) is 10.9 Å². The molecule has 2 aliphatic rings. The van der Waals surface area contributed by atoms with E-state index in [-0.39, 0.29) is 40.7 Å². The first kappa shape index (κ1) is 28.3. The van der Waals surface area contributed by atoms with Gasteiger partial charge in [0.05, 0.1) is 17.6 Å². The number of fused-ring (bicyclic) bond motifs is 1. The van der Waals surface area contributed by atoms with E-state index in [1.807, 2.05) is 20.8 Å². The molecular formula is C27H31ClN8O5. The van der Waals surface area contributed by atoms with Crippen LogP contribution < -0.4 is 10.6 Å². The van der Waals surface area contributed by atoms with Gasteiger partial charge in [0.2, 0.25) is 5.91 Å². The number of piperidine rings is 1. The van der Waals surface area contributed by atoms with E-state index in [0.717, 1.165) is 0 Å². The monoisotopic (exact) mass is 582 g/mol. The molecule has 0 aromatic carbocycles. The van der Waals surface area contributed by atoms with Crippen molar-refractivity contribution >= 4 is 41.2 Å². The number of rotatable bonds is 6. The number of aromatic nitrogens is 5. The molecular weight excluding hydrogens is 552 g/mol. The smallest absolute Gasteiger partial charge is 0.413 e. The van der Waals surface area contributed by atoms with Crippen molar-refractivity contribution in [3.63, 3.8) is 0 Å². The molecule has 1 aliphatic heterocycles. The zero-order valence-corrected chi connectivity index (χ0v) is 24.0. The molecule has 0 radical (unpaired) electrons. The van der Waals surface area contributed by atoms with Crippen molar-refractivity contribution in [3.05, 3.63) is 47.4 Å². The summed E-state index contributed by atoms with van der Waals surface area (Å²) in [7, 11) is 1.62. The van der Waals surface area contributed by atoms with Gasteiger partial charge in [0, 0.05) is 37.8 Å². The van der Waals surface area contributed by atoms with E-state index in [9.17, 15) is 14.4 Å². The van der Waals surface area contributed by atoms with Gasteiger partial charge in [0.1, 0.15) is 16.9 Å². The van der Waals surface area contributed by atoms with Crippen LogP contribution in [0.4, 0.5) is 21.1 Å². The lowest BCUT2D eigenvalue weighted by atomic mass is 10.2. The lowest BCUT2D eigenvalue weighted by Crippen LogP contribution is -2.38. The highest BCUT2D eigenvalue weighted by molar-refractivity contribution is 6.30. The number of aryl methyl sites for hydroxylation is 1. The van der Waals surface area contributed by atoms with Crippen molar-refractivity contribution < 1.29 is 23.9 Å². The Labute approximate surface area is 241 Å². The minimum absolute atomic E-state index is 0.106. The summed E-state index contributed by atoms with van der Waals surface area (Å²) in [6, 6.07) is 6.81. The van der Waals surface area contributed by atoms with Crippen LogP contribution in [0.5, 0.6) is 0 Å². The quantitative estimate of drug-likeness (QED) is 0.405. The summed E-state index contributed by atoms with van der Waals surface area (Å²) in [5.41, 5.74) is 1.30. The van der Waals surface area contributed by atoms with Gasteiger partial charge in [0.25, 0.3) is 0 Å². The highest BCUT2D eigenvalue weighted by Gasteiger charge is 2.60. The van der Waals surface area contributed by atoms with E-state index < -0.39 is 17.8 Å².